The highest BCUT2D eigenvalue weighted by molar-refractivity contribution is 9.10. The molecule has 1 heterocycles. The maximum Gasteiger partial charge on any atom is 0.0960 e. The van der Waals surface area contributed by atoms with Crippen molar-refractivity contribution in [1.29, 1.82) is 0 Å². The average molecular weight is 326 g/mol. The lowest BCUT2D eigenvalue weighted by atomic mass is 10.4. The monoisotopic (exact) mass is 325 g/mol. The van der Waals surface area contributed by atoms with Crippen molar-refractivity contribution in [3.8, 4) is 0 Å². The lowest BCUT2D eigenvalue weighted by Crippen LogP contribution is -1.86. The number of aromatic nitrogens is 1. The Bertz CT molecular complexity index is 445. The van der Waals surface area contributed by atoms with Gasteiger partial charge in [0.2, 0.25) is 0 Å². The van der Waals surface area contributed by atoms with Crippen LogP contribution in [0, 0.1) is 0 Å². The van der Waals surface area contributed by atoms with Crippen molar-refractivity contribution in [2.24, 2.45) is 0 Å². The van der Waals surface area contributed by atoms with E-state index in [2.05, 4.69) is 45.2 Å². The molecule has 0 N–H and O–H groups in total. The van der Waals surface area contributed by atoms with Gasteiger partial charge in [-0.25, -0.2) is 4.98 Å². The van der Waals surface area contributed by atoms with E-state index >= 15 is 0 Å². The van der Waals surface area contributed by atoms with E-state index in [0.29, 0.717) is 0 Å². The van der Waals surface area contributed by atoms with Gasteiger partial charge < -0.3 is 0 Å². The van der Waals surface area contributed by atoms with Crippen molar-refractivity contribution in [2.45, 2.75) is 9.92 Å². The number of hydrogen-bond donors (Lipinski definition) is 0. The summed E-state index contributed by atoms with van der Waals surface area (Å²) in [5, 5.41) is 1.09. The molecule has 88 valence electrons. The molecule has 0 aliphatic carbocycles. The number of benzene rings is 1. The second-order valence-corrected chi connectivity index (χ2v) is 6.52. The topological polar surface area (TPSA) is 12.9 Å². The summed E-state index contributed by atoms with van der Waals surface area (Å²) in [6.07, 6.45) is 1.84. The second-order valence-electron chi connectivity index (χ2n) is 3.32. The van der Waals surface area contributed by atoms with Crippen molar-refractivity contribution < 1.29 is 0 Å². The Morgan fingerprint density at radius 2 is 1.71 bits per heavy atom. The fourth-order valence-electron chi connectivity index (χ4n) is 1.27. The minimum absolute atomic E-state index is 1.03. The number of rotatable bonds is 5. The van der Waals surface area contributed by atoms with Gasteiger partial charge in [-0.2, -0.15) is 0 Å². The van der Waals surface area contributed by atoms with Gasteiger partial charge in [-0.05, 0) is 40.2 Å². The summed E-state index contributed by atoms with van der Waals surface area (Å²) in [4.78, 5) is 5.66. The van der Waals surface area contributed by atoms with Crippen molar-refractivity contribution in [3.05, 3.63) is 53.1 Å². The third-order valence-electron chi connectivity index (χ3n) is 2.05. The number of thioether (sulfide) groups is 2. The zero-order valence-corrected chi connectivity index (χ0v) is 12.4. The normalized spacial score (nSPS) is 10.4. The summed E-state index contributed by atoms with van der Waals surface area (Å²) in [5.41, 5.74) is 0. The molecule has 0 atom stereocenters. The van der Waals surface area contributed by atoms with E-state index in [1.54, 1.807) is 11.8 Å². The molecule has 0 saturated heterocycles. The van der Waals surface area contributed by atoms with E-state index in [4.69, 9.17) is 0 Å². The molecule has 0 radical (unpaired) electrons. The van der Waals surface area contributed by atoms with Crippen LogP contribution in [0.2, 0.25) is 0 Å². The van der Waals surface area contributed by atoms with Crippen molar-refractivity contribution in [2.75, 3.05) is 11.5 Å². The first kappa shape index (κ1) is 13.0. The van der Waals surface area contributed by atoms with Crippen LogP contribution in [0.15, 0.2) is 63.1 Å². The van der Waals surface area contributed by atoms with Gasteiger partial charge in [0.1, 0.15) is 0 Å². The van der Waals surface area contributed by atoms with Crippen LogP contribution in [-0.4, -0.2) is 16.5 Å². The second kappa shape index (κ2) is 7.09. The number of nitrogens with zero attached hydrogens (tertiary/aromatic N) is 1. The lowest BCUT2D eigenvalue weighted by molar-refractivity contribution is 1.12. The minimum Gasteiger partial charge on any atom is -0.249 e. The molecule has 0 aliphatic rings. The van der Waals surface area contributed by atoms with Crippen molar-refractivity contribution in [3.63, 3.8) is 0 Å². The van der Waals surface area contributed by atoms with Gasteiger partial charge >= 0.3 is 0 Å². The first-order chi connectivity index (χ1) is 8.34. The van der Waals surface area contributed by atoms with E-state index in [9.17, 15) is 0 Å². The Kier molecular flexibility index (Phi) is 5.42. The smallest absolute Gasteiger partial charge is 0.0960 e. The highest BCUT2D eigenvalue weighted by Gasteiger charge is 1.97. The molecule has 0 spiro atoms. The summed E-state index contributed by atoms with van der Waals surface area (Å²) in [7, 11) is 0. The molecule has 0 saturated carbocycles. The molecule has 0 unspecified atom stereocenters. The zero-order valence-electron chi connectivity index (χ0n) is 9.17. The molecule has 1 nitrogen and oxygen atoms in total. The Hall–Kier alpha value is -0.450. The highest BCUT2D eigenvalue weighted by Crippen LogP contribution is 2.22. The fourth-order valence-corrected chi connectivity index (χ4v) is 3.26. The molecule has 1 aromatic heterocycles. The molecular weight excluding hydrogens is 314 g/mol. The molecule has 2 rings (SSSR count). The molecule has 17 heavy (non-hydrogen) atoms. The summed E-state index contributed by atoms with van der Waals surface area (Å²) in [6, 6.07) is 14.6. The molecule has 0 bridgehead atoms. The van der Waals surface area contributed by atoms with E-state index in [-0.39, 0.29) is 0 Å². The highest BCUT2D eigenvalue weighted by atomic mass is 79.9. The van der Waals surface area contributed by atoms with Crippen LogP contribution in [0.1, 0.15) is 0 Å². The van der Waals surface area contributed by atoms with Gasteiger partial charge in [0, 0.05) is 27.1 Å². The van der Waals surface area contributed by atoms with E-state index in [0.717, 1.165) is 21.0 Å². The summed E-state index contributed by atoms with van der Waals surface area (Å²) in [5.74, 6) is 2.18. The average Bonchev–Trinajstić information content (AvgIpc) is 2.38. The summed E-state index contributed by atoms with van der Waals surface area (Å²) >= 11 is 7.06. The molecular formula is C13H12BrNS2. The summed E-state index contributed by atoms with van der Waals surface area (Å²) < 4.78 is 1.03. The number of hydrogen-bond acceptors (Lipinski definition) is 3. The number of pyridine rings is 1. The maximum absolute atomic E-state index is 4.33. The number of halogens is 1. The third-order valence-corrected chi connectivity index (χ3v) is 4.73. The quantitative estimate of drug-likeness (QED) is 0.582. The zero-order chi connectivity index (χ0) is 11.9. The van der Waals surface area contributed by atoms with Crippen molar-refractivity contribution >= 4 is 39.5 Å². The van der Waals surface area contributed by atoms with Crippen molar-refractivity contribution in [1.82, 2.24) is 4.98 Å². The molecule has 0 fully saturated rings. The van der Waals surface area contributed by atoms with Gasteiger partial charge in [0.25, 0.3) is 0 Å². The van der Waals surface area contributed by atoms with Crippen LogP contribution in [0.4, 0.5) is 0 Å². The fraction of sp³-hybridized carbons (Fsp3) is 0.154. The molecule has 0 amide bonds. The van der Waals surface area contributed by atoms with Crippen LogP contribution in [0.3, 0.4) is 0 Å². The van der Waals surface area contributed by atoms with E-state index < -0.39 is 0 Å². The third kappa shape index (κ3) is 4.74. The van der Waals surface area contributed by atoms with Crippen LogP contribution < -0.4 is 0 Å². The first-order valence-electron chi connectivity index (χ1n) is 5.27. The van der Waals surface area contributed by atoms with Gasteiger partial charge in [-0.3, -0.25) is 0 Å². The molecule has 1 aromatic carbocycles. The van der Waals surface area contributed by atoms with Crippen LogP contribution in [0.25, 0.3) is 0 Å². The lowest BCUT2D eigenvalue weighted by Gasteiger charge is -2.01. The minimum atomic E-state index is 1.03. The Morgan fingerprint density at radius 1 is 0.941 bits per heavy atom. The maximum atomic E-state index is 4.33. The van der Waals surface area contributed by atoms with Crippen LogP contribution in [-0.2, 0) is 0 Å². The Labute approximate surface area is 119 Å². The van der Waals surface area contributed by atoms with Gasteiger partial charge in [0.15, 0.2) is 0 Å². The largest absolute Gasteiger partial charge is 0.249 e. The van der Waals surface area contributed by atoms with Gasteiger partial charge in [0.05, 0.1) is 5.03 Å². The van der Waals surface area contributed by atoms with Gasteiger partial charge in [-0.1, -0.05) is 18.2 Å². The van der Waals surface area contributed by atoms with E-state index in [1.807, 2.05) is 36.2 Å². The molecule has 0 aliphatic heterocycles. The predicted molar refractivity (Wildman–Crippen MR) is 79.8 cm³/mol. The molecule has 4 heteroatoms. The van der Waals surface area contributed by atoms with E-state index in [1.165, 1.54) is 4.90 Å². The van der Waals surface area contributed by atoms with Gasteiger partial charge in [-0.15, -0.1) is 23.5 Å². The SMILES string of the molecule is Brc1ccc(SCCSc2ccccc2)nc1. The Morgan fingerprint density at radius 3 is 2.41 bits per heavy atom. The summed E-state index contributed by atoms with van der Waals surface area (Å²) in [6.45, 7) is 0. The van der Waals surface area contributed by atoms with Crippen LogP contribution >= 0.6 is 39.5 Å². The standard InChI is InChI=1S/C13H12BrNS2/c14-11-6-7-13(15-10-11)17-9-8-16-12-4-2-1-3-5-12/h1-7,10H,8-9H2. The predicted octanol–water partition coefficient (Wildman–Crippen LogP) is 4.73. The van der Waals surface area contributed by atoms with Crippen LogP contribution in [0.5, 0.6) is 0 Å². The first-order valence-corrected chi connectivity index (χ1v) is 8.03. The molecule has 2 aromatic rings. The Balaban J connectivity index is 1.71.